The number of esters is 1. The van der Waals surface area contributed by atoms with Gasteiger partial charge in [-0.15, -0.1) is 0 Å². The molecule has 2 rings (SSSR count). The van der Waals surface area contributed by atoms with Crippen LogP contribution in [0.3, 0.4) is 0 Å². The molecule has 1 N–H and O–H groups in total. The van der Waals surface area contributed by atoms with Gasteiger partial charge in [0.1, 0.15) is 5.69 Å². The Morgan fingerprint density at radius 1 is 1.61 bits per heavy atom. The molecule has 5 heteroatoms. The number of carbonyl (C=O) groups is 1. The number of hydrogen-bond acceptors (Lipinski definition) is 5. The highest BCUT2D eigenvalue weighted by molar-refractivity contribution is 5.88. The average Bonchev–Trinajstić information content (AvgIpc) is 2.36. The van der Waals surface area contributed by atoms with E-state index in [9.17, 15) is 9.90 Å². The summed E-state index contributed by atoms with van der Waals surface area (Å²) in [4.78, 5) is 17.4. The summed E-state index contributed by atoms with van der Waals surface area (Å²) in [5.41, 5.74) is 1.25. The molecule has 0 saturated heterocycles. The lowest BCUT2D eigenvalue weighted by Crippen LogP contribution is -2.37. The van der Waals surface area contributed by atoms with Gasteiger partial charge in [-0.1, -0.05) is 0 Å². The largest absolute Gasteiger partial charge is 0.464 e. The van der Waals surface area contributed by atoms with Crippen molar-refractivity contribution in [1.29, 1.82) is 0 Å². The summed E-state index contributed by atoms with van der Waals surface area (Å²) in [6.07, 6.45) is 3.19. The maximum Gasteiger partial charge on any atom is 0.356 e. The van der Waals surface area contributed by atoms with Crippen LogP contribution in [0.5, 0.6) is 0 Å². The fraction of sp³-hybridized carbons (Fsp3) is 0.538. The number of pyridine rings is 1. The van der Waals surface area contributed by atoms with E-state index in [-0.39, 0.29) is 6.10 Å². The van der Waals surface area contributed by atoms with E-state index in [2.05, 4.69) is 14.6 Å². The fourth-order valence-electron chi connectivity index (χ4n) is 2.22. The van der Waals surface area contributed by atoms with Crippen molar-refractivity contribution < 1.29 is 14.6 Å². The van der Waals surface area contributed by atoms with Crippen LogP contribution in [0, 0.1) is 5.92 Å². The zero-order chi connectivity index (χ0) is 13.1. The zero-order valence-electron chi connectivity index (χ0n) is 10.7. The van der Waals surface area contributed by atoms with E-state index in [1.54, 1.807) is 12.3 Å². The molecule has 0 bridgehead atoms. The highest BCUT2D eigenvalue weighted by Gasteiger charge is 2.28. The smallest absolute Gasteiger partial charge is 0.356 e. The van der Waals surface area contributed by atoms with Crippen LogP contribution in [0.2, 0.25) is 0 Å². The van der Waals surface area contributed by atoms with Gasteiger partial charge in [0, 0.05) is 25.5 Å². The third kappa shape index (κ3) is 2.79. The van der Waals surface area contributed by atoms with Gasteiger partial charge in [0.15, 0.2) is 0 Å². The molecule has 1 aliphatic carbocycles. The lowest BCUT2D eigenvalue weighted by atomic mass is 9.82. The van der Waals surface area contributed by atoms with Crippen LogP contribution >= 0.6 is 0 Å². The number of methoxy groups -OCH3 is 1. The van der Waals surface area contributed by atoms with Crippen molar-refractivity contribution in [1.82, 2.24) is 4.98 Å². The van der Waals surface area contributed by atoms with Gasteiger partial charge >= 0.3 is 5.97 Å². The molecule has 0 radical (unpaired) electrons. The van der Waals surface area contributed by atoms with Gasteiger partial charge in [-0.3, -0.25) is 0 Å². The van der Waals surface area contributed by atoms with E-state index < -0.39 is 5.97 Å². The number of hydrogen-bond donors (Lipinski definition) is 1. The molecule has 0 atom stereocenters. The summed E-state index contributed by atoms with van der Waals surface area (Å²) in [6.45, 7) is 0.877. The van der Waals surface area contributed by atoms with Gasteiger partial charge in [-0.25, -0.2) is 9.78 Å². The first-order chi connectivity index (χ1) is 8.60. The van der Waals surface area contributed by atoms with Crippen molar-refractivity contribution in [2.24, 2.45) is 5.92 Å². The maximum atomic E-state index is 11.4. The van der Waals surface area contributed by atoms with E-state index in [0.29, 0.717) is 11.6 Å². The van der Waals surface area contributed by atoms with E-state index in [1.807, 2.05) is 13.1 Å². The molecule has 0 aromatic carbocycles. The van der Waals surface area contributed by atoms with Gasteiger partial charge in [0.2, 0.25) is 0 Å². The van der Waals surface area contributed by atoms with Crippen LogP contribution in [0.15, 0.2) is 18.3 Å². The summed E-state index contributed by atoms with van der Waals surface area (Å²) in [5, 5.41) is 9.26. The molecule has 18 heavy (non-hydrogen) atoms. The molecule has 5 nitrogen and oxygen atoms in total. The van der Waals surface area contributed by atoms with Crippen LogP contribution in [0.1, 0.15) is 23.3 Å². The number of anilines is 1. The molecular formula is C13H18N2O3. The van der Waals surface area contributed by atoms with Crippen LogP contribution in [0.4, 0.5) is 5.69 Å². The topological polar surface area (TPSA) is 62.7 Å². The Hall–Kier alpha value is -1.62. The molecule has 1 saturated carbocycles. The summed E-state index contributed by atoms with van der Waals surface area (Å²) in [6, 6.07) is 3.59. The van der Waals surface area contributed by atoms with E-state index in [0.717, 1.165) is 25.1 Å². The average molecular weight is 250 g/mol. The van der Waals surface area contributed by atoms with Crippen LogP contribution < -0.4 is 4.90 Å². The second-order valence-corrected chi connectivity index (χ2v) is 4.76. The van der Waals surface area contributed by atoms with Crippen molar-refractivity contribution in [3.8, 4) is 0 Å². The summed E-state index contributed by atoms with van der Waals surface area (Å²) in [5.74, 6) is 0.101. The molecule has 0 spiro atoms. The van der Waals surface area contributed by atoms with Crippen LogP contribution in [-0.4, -0.2) is 42.9 Å². The second-order valence-electron chi connectivity index (χ2n) is 4.76. The van der Waals surface area contributed by atoms with Gasteiger partial charge in [0.25, 0.3) is 0 Å². The predicted octanol–water partition coefficient (Wildman–Crippen LogP) is 1.08. The molecule has 0 amide bonds. The Morgan fingerprint density at radius 2 is 2.33 bits per heavy atom. The lowest BCUT2D eigenvalue weighted by molar-refractivity contribution is 0.0465. The third-order valence-electron chi connectivity index (χ3n) is 3.32. The molecule has 98 valence electrons. The maximum absolute atomic E-state index is 11.4. The first-order valence-corrected chi connectivity index (χ1v) is 6.03. The third-order valence-corrected chi connectivity index (χ3v) is 3.32. The fourth-order valence-corrected chi connectivity index (χ4v) is 2.22. The first-order valence-electron chi connectivity index (χ1n) is 6.03. The highest BCUT2D eigenvalue weighted by atomic mass is 16.5. The molecular weight excluding hydrogens is 232 g/mol. The summed E-state index contributed by atoms with van der Waals surface area (Å²) in [7, 11) is 3.32. The molecule has 1 aromatic rings. The number of carbonyl (C=O) groups excluding carboxylic acids is 1. The van der Waals surface area contributed by atoms with Gasteiger partial charge in [0.05, 0.1) is 13.2 Å². The minimum atomic E-state index is -0.427. The Kier molecular flexibility index (Phi) is 3.81. The van der Waals surface area contributed by atoms with Crippen molar-refractivity contribution in [2.45, 2.75) is 18.9 Å². The van der Waals surface area contributed by atoms with Gasteiger partial charge in [-0.2, -0.15) is 0 Å². The number of aromatic nitrogens is 1. The number of nitrogens with zero attached hydrogens (tertiary/aromatic N) is 2. The van der Waals surface area contributed by atoms with Crippen molar-refractivity contribution >= 4 is 11.7 Å². The Bertz CT molecular complexity index is 430. The summed E-state index contributed by atoms with van der Waals surface area (Å²) >= 11 is 0. The van der Waals surface area contributed by atoms with Gasteiger partial charge in [-0.05, 0) is 30.9 Å². The number of ether oxygens (including phenoxy) is 1. The quantitative estimate of drug-likeness (QED) is 0.810. The van der Waals surface area contributed by atoms with Gasteiger partial charge < -0.3 is 14.7 Å². The van der Waals surface area contributed by atoms with Crippen molar-refractivity contribution in [2.75, 3.05) is 25.6 Å². The number of aliphatic hydroxyl groups is 1. The molecule has 1 heterocycles. The number of rotatable bonds is 4. The van der Waals surface area contributed by atoms with Crippen LogP contribution in [-0.2, 0) is 4.74 Å². The Morgan fingerprint density at radius 3 is 2.94 bits per heavy atom. The molecule has 1 aromatic heterocycles. The SMILES string of the molecule is COC(=O)c1cc(N(C)CC2CC(O)C2)ccn1. The first kappa shape index (κ1) is 12.8. The van der Waals surface area contributed by atoms with Crippen molar-refractivity contribution in [3.05, 3.63) is 24.0 Å². The lowest BCUT2D eigenvalue weighted by Gasteiger charge is -2.35. The minimum Gasteiger partial charge on any atom is -0.464 e. The zero-order valence-corrected chi connectivity index (χ0v) is 10.7. The van der Waals surface area contributed by atoms with E-state index >= 15 is 0 Å². The molecule has 0 unspecified atom stereocenters. The molecule has 0 aliphatic heterocycles. The van der Waals surface area contributed by atoms with Crippen LogP contribution in [0.25, 0.3) is 0 Å². The molecule has 1 aliphatic rings. The number of aliphatic hydroxyl groups excluding tert-OH is 1. The minimum absolute atomic E-state index is 0.133. The standard InChI is InChI=1S/C13H18N2O3/c1-15(8-9-5-11(16)6-9)10-3-4-14-12(7-10)13(17)18-2/h3-4,7,9,11,16H,5-6,8H2,1-2H3. The predicted molar refractivity (Wildman–Crippen MR) is 67.6 cm³/mol. The Balaban J connectivity index is 2.01. The Labute approximate surface area is 106 Å². The molecule has 1 fully saturated rings. The highest BCUT2D eigenvalue weighted by Crippen LogP contribution is 2.29. The van der Waals surface area contributed by atoms with Crippen molar-refractivity contribution in [3.63, 3.8) is 0 Å². The summed E-state index contributed by atoms with van der Waals surface area (Å²) < 4.78 is 4.65. The van der Waals surface area contributed by atoms with E-state index in [1.165, 1.54) is 7.11 Å². The second kappa shape index (κ2) is 5.35. The van der Waals surface area contributed by atoms with E-state index in [4.69, 9.17) is 0 Å². The monoisotopic (exact) mass is 250 g/mol. The normalized spacial score (nSPS) is 22.2.